The molecule has 4 unspecified atom stereocenters. The van der Waals surface area contributed by atoms with E-state index in [1.165, 1.54) is 24.3 Å². The Morgan fingerprint density at radius 3 is 1.13 bits per heavy atom. The summed E-state index contributed by atoms with van der Waals surface area (Å²) in [5.41, 5.74) is 3.09. The maximum atomic E-state index is 14.6. The molecule has 0 heterocycles. The smallest absolute Gasteiger partial charge is 0.150 e. The van der Waals surface area contributed by atoms with Crippen LogP contribution in [0, 0.1) is 11.6 Å². The molecule has 0 aliphatic rings. The van der Waals surface area contributed by atoms with E-state index in [9.17, 15) is 13.6 Å². The van der Waals surface area contributed by atoms with Crippen LogP contribution in [0.15, 0.2) is 97.1 Å². The van der Waals surface area contributed by atoms with Gasteiger partial charge in [-0.15, -0.1) is 0 Å². The summed E-state index contributed by atoms with van der Waals surface area (Å²) in [7, 11) is 3.17. The lowest BCUT2D eigenvalue weighted by Gasteiger charge is -2.30. The largest absolute Gasteiger partial charge is 0.497 e. The van der Waals surface area contributed by atoms with Gasteiger partial charge in [0, 0.05) is 0 Å². The molecule has 196 valence electrons. The minimum absolute atomic E-state index is 0.0715. The van der Waals surface area contributed by atoms with Crippen molar-refractivity contribution in [3.05, 3.63) is 131 Å². The van der Waals surface area contributed by atoms with Gasteiger partial charge in [-0.3, -0.25) is 4.79 Å². The minimum Gasteiger partial charge on any atom is -0.497 e. The molecule has 3 nitrogen and oxygen atoms in total. The van der Waals surface area contributed by atoms with E-state index in [1.54, 1.807) is 38.5 Å². The van der Waals surface area contributed by atoms with Crippen LogP contribution in [0.1, 0.15) is 43.7 Å². The zero-order chi connectivity index (χ0) is 27.2. The number of methoxy groups -OCH3 is 2. The van der Waals surface area contributed by atoms with Gasteiger partial charge in [-0.1, -0.05) is 80.4 Å². The Bertz CT molecular complexity index is 1240. The maximum absolute atomic E-state index is 14.6. The summed E-state index contributed by atoms with van der Waals surface area (Å²) in [6.07, 6.45) is 0. The number of ether oxygens (including phenoxy) is 2. The molecule has 7 heteroatoms. The van der Waals surface area contributed by atoms with E-state index in [-0.39, 0.29) is 17.4 Å². The lowest BCUT2D eigenvalue weighted by atomic mass is 9.78. The van der Waals surface area contributed by atoms with Crippen molar-refractivity contribution < 1.29 is 23.0 Å². The Balaban J connectivity index is 1.83. The molecule has 0 saturated heterocycles. The van der Waals surface area contributed by atoms with Crippen LogP contribution in [0.25, 0.3) is 0 Å². The SMILES string of the molecule is COc1ccc(C(C(=O)C(c2ccc(OC)cc2)C(Br)c2ccc(F)cc2)C(Br)c2ccc(F)cc2)cc1. The number of hydrogen-bond acceptors (Lipinski definition) is 3. The summed E-state index contributed by atoms with van der Waals surface area (Å²) in [4.78, 5) is 13.8. The fourth-order valence-electron chi connectivity index (χ4n) is 4.45. The Labute approximate surface area is 238 Å². The molecule has 0 N–H and O–H groups in total. The summed E-state index contributed by atoms with van der Waals surface area (Å²) in [6, 6.07) is 26.9. The Kier molecular flexibility index (Phi) is 9.34. The van der Waals surface area contributed by atoms with Crippen molar-refractivity contribution in [3.8, 4) is 11.5 Å². The standard InChI is InChI=1S/C31H26Br2F2O3/c1-37-25-15-7-19(8-16-25)27(29(32)21-3-11-23(34)12-4-21)31(36)28(20-9-17-26(38-2)18-10-20)30(33)22-5-13-24(35)14-6-22/h3-18,27-30H,1-2H3. The van der Waals surface area contributed by atoms with E-state index in [0.717, 1.165) is 22.3 Å². The van der Waals surface area contributed by atoms with Crippen molar-refractivity contribution in [2.45, 2.75) is 21.5 Å². The quantitative estimate of drug-likeness (QED) is 0.162. The second-order valence-electron chi connectivity index (χ2n) is 8.81. The summed E-state index contributed by atoms with van der Waals surface area (Å²) in [5, 5.41) is 0. The number of alkyl halides is 2. The fourth-order valence-corrected chi connectivity index (χ4v) is 6.19. The number of hydrogen-bond donors (Lipinski definition) is 0. The van der Waals surface area contributed by atoms with Crippen LogP contribution < -0.4 is 9.47 Å². The van der Waals surface area contributed by atoms with Gasteiger partial charge in [-0.2, -0.15) is 0 Å². The van der Waals surface area contributed by atoms with Crippen LogP contribution >= 0.6 is 31.9 Å². The van der Waals surface area contributed by atoms with Gasteiger partial charge in [0.2, 0.25) is 0 Å². The average Bonchev–Trinajstić information content (AvgIpc) is 2.94. The normalized spacial score (nSPS) is 14.3. The number of rotatable bonds is 10. The molecule has 0 amide bonds. The van der Waals surface area contributed by atoms with Crippen molar-refractivity contribution in [1.82, 2.24) is 0 Å². The van der Waals surface area contributed by atoms with Gasteiger partial charge in [0.15, 0.2) is 5.78 Å². The molecule has 0 spiro atoms. The first-order valence-electron chi connectivity index (χ1n) is 11.9. The molecule has 38 heavy (non-hydrogen) atoms. The molecule has 0 aliphatic heterocycles. The Hall–Kier alpha value is -3.03. The van der Waals surface area contributed by atoms with Crippen LogP contribution in [-0.4, -0.2) is 20.0 Å². The first-order valence-corrected chi connectivity index (χ1v) is 13.8. The highest BCUT2D eigenvalue weighted by molar-refractivity contribution is 9.09. The molecule has 0 aromatic heterocycles. The number of halogens is 4. The third-order valence-electron chi connectivity index (χ3n) is 6.53. The summed E-state index contributed by atoms with van der Waals surface area (Å²) in [6.45, 7) is 0. The predicted octanol–water partition coefficient (Wildman–Crippen LogP) is 8.69. The Morgan fingerprint density at radius 2 is 0.842 bits per heavy atom. The van der Waals surface area contributed by atoms with E-state index >= 15 is 0 Å². The first-order chi connectivity index (χ1) is 18.3. The van der Waals surface area contributed by atoms with Gasteiger partial charge in [-0.25, -0.2) is 8.78 Å². The van der Waals surface area contributed by atoms with E-state index in [0.29, 0.717) is 11.5 Å². The van der Waals surface area contributed by atoms with E-state index in [4.69, 9.17) is 9.47 Å². The van der Waals surface area contributed by atoms with Gasteiger partial charge in [0.1, 0.15) is 23.1 Å². The molecular formula is C31H26Br2F2O3. The monoisotopic (exact) mass is 642 g/mol. The molecule has 4 aromatic carbocycles. The molecule has 4 atom stereocenters. The van der Waals surface area contributed by atoms with E-state index in [2.05, 4.69) is 31.9 Å². The third-order valence-corrected chi connectivity index (χ3v) is 8.64. The van der Waals surface area contributed by atoms with Crippen molar-refractivity contribution in [2.75, 3.05) is 14.2 Å². The number of ketones is 1. The average molecular weight is 644 g/mol. The molecule has 0 aliphatic carbocycles. The van der Waals surface area contributed by atoms with E-state index < -0.39 is 21.5 Å². The van der Waals surface area contributed by atoms with Crippen LogP contribution in [-0.2, 0) is 4.79 Å². The predicted molar refractivity (Wildman–Crippen MR) is 153 cm³/mol. The minimum atomic E-state index is -0.640. The lowest BCUT2D eigenvalue weighted by molar-refractivity contribution is -0.122. The summed E-state index contributed by atoms with van der Waals surface area (Å²) >= 11 is 7.54. The first kappa shape index (κ1) is 28.0. The van der Waals surface area contributed by atoms with Gasteiger partial charge in [0.25, 0.3) is 0 Å². The highest BCUT2D eigenvalue weighted by atomic mass is 79.9. The molecule has 0 bridgehead atoms. The highest BCUT2D eigenvalue weighted by Crippen LogP contribution is 2.47. The molecule has 0 fully saturated rings. The third kappa shape index (κ3) is 6.33. The second kappa shape index (κ2) is 12.7. The number of benzene rings is 4. The fraction of sp³-hybridized carbons (Fsp3) is 0.194. The number of Topliss-reactive ketones (excluding diaryl/α,β-unsaturated/α-hetero) is 1. The molecule has 4 rings (SSSR count). The van der Waals surface area contributed by atoms with Crippen LogP contribution in [0.3, 0.4) is 0 Å². The molecule has 0 saturated carbocycles. The van der Waals surface area contributed by atoms with Crippen molar-refractivity contribution in [2.24, 2.45) is 0 Å². The van der Waals surface area contributed by atoms with Gasteiger partial charge in [-0.05, 0) is 70.8 Å². The van der Waals surface area contributed by atoms with Crippen LogP contribution in [0.5, 0.6) is 11.5 Å². The number of carbonyl (C=O) groups is 1. The maximum Gasteiger partial charge on any atom is 0.150 e. The Morgan fingerprint density at radius 1 is 0.553 bits per heavy atom. The van der Waals surface area contributed by atoms with Crippen LogP contribution in [0.4, 0.5) is 8.78 Å². The zero-order valence-electron chi connectivity index (χ0n) is 20.8. The molecule has 4 aromatic rings. The van der Waals surface area contributed by atoms with Crippen molar-refractivity contribution >= 4 is 37.6 Å². The topological polar surface area (TPSA) is 35.5 Å². The lowest BCUT2D eigenvalue weighted by Crippen LogP contribution is -2.26. The summed E-state index contributed by atoms with van der Waals surface area (Å²) in [5.74, 6) is -0.716. The van der Waals surface area contributed by atoms with Crippen molar-refractivity contribution in [3.63, 3.8) is 0 Å². The van der Waals surface area contributed by atoms with E-state index in [1.807, 2.05) is 48.5 Å². The van der Waals surface area contributed by atoms with Crippen LogP contribution in [0.2, 0.25) is 0 Å². The van der Waals surface area contributed by atoms with Gasteiger partial charge < -0.3 is 9.47 Å². The second-order valence-corrected chi connectivity index (χ2v) is 10.8. The summed E-state index contributed by atoms with van der Waals surface area (Å²) < 4.78 is 38.1. The zero-order valence-corrected chi connectivity index (χ0v) is 24.0. The number of carbonyl (C=O) groups excluding carboxylic acids is 1. The molecule has 0 radical (unpaired) electrons. The van der Waals surface area contributed by atoms with Gasteiger partial charge in [0.05, 0.1) is 35.7 Å². The van der Waals surface area contributed by atoms with Crippen molar-refractivity contribution in [1.29, 1.82) is 0 Å². The highest BCUT2D eigenvalue weighted by Gasteiger charge is 2.38. The van der Waals surface area contributed by atoms with Gasteiger partial charge >= 0.3 is 0 Å². The molecular weight excluding hydrogens is 618 g/mol.